The predicted octanol–water partition coefficient (Wildman–Crippen LogP) is 4.18. The number of fused-ring (bicyclic) bond motifs is 1. The Labute approximate surface area is 151 Å². The fourth-order valence-electron chi connectivity index (χ4n) is 9.24. The predicted molar refractivity (Wildman–Crippen MR) is 95.7 cm³/mol. The van der Waals surface area contributed by atoms with E-state index in [1.165, 1.54) is 39.0 Å². The average molecular weight is 347 g/mol. The molecule has 6 aliphatic carbocycles. The molecule has 25 heavy (non-hydrogen) atoms. The lowest BCUT2D eigenvalue weighted by molar-refractivity contribution is -0.216. The van der Waals surface area contributed by atoms with E-state index < -0.39 is 0 Å². The van der Waals surface area contributed by atoms with Crippen LogP contribution < -0.4 is 0 Å². The van der Waals surface area contributed by atoms with Crippen molar-refractivity contribution in [2.45, 2.75) is 78.7 Å². The zero-order valence-corrected chi connectivity index (χ0v) is 16.3. The highest BCUT2D eigenvalue weighted by Crippen LogP contribution is 2.85. The first-order chi connectivity index (χ1) is 11.7. The molecule has 0 aromatic rings. The quantitative estimate of drug-likeness (QED) is 0.763. The second-order valence-electron chi connectivity index (χ2n) is 11.1. The van der Waals surface area contributed by atoms with Crippen molar-refractivity contribution in [2.24, 2.45) is 45.3 Å². The molecule has 6 saturated carbocycles. The van der Waals surface area contributed by atoms with Crippen LogP contribution in [0.1, 0.15) is 72.6 Å². The molecule has 0 aromatic heterocycles. The number of hydrogen-bond donors (Lipinski definition) is 1. The normalized spacial score (nSPS) is 61.2. The minimum Gasteiger partial charge on any atom is -0.462 e. The van der Waals surface area contributed by atoms with Crippen LogP contribution in [0.3, 0.4) is 0 Å². The van der Waals surface area contributed by atoms with Crippen molar-refractivity contribution in [3.8, 4) is 0 Å². The highest BCUT2D eigenvalue weighted by molar-refractivity contribution is 5.66. The van der Waals surface area contributed by atoms with Crippen LogP contribution in [0.4, 0.5) is 0 Å². The maximum atomic E-state index is 11.6. The van der Waals surface area contributed by atoms with E-state index in [-0.39, 0.29) is 24.1 Å². The summed E-state index contributed by atoms with van der Waals surface area (Å²) < 4.78 is 5.71. The van der Waals surface area contributed by atoms with Gasteiger partial charge in [0.2, 0.25) is 0 Å². The number of carbonyl (C=O) groups is 1. The second-order valence-corrected chi connectivity index (χ2v) is 11.1. The molecule has 0 aromatic carbocycles. The van der Waals surface area contributed by atoms with Crippen LogP contribution >= 0.6 is 0 Å². The average Bonchev–Trinajstić information content (AvgIpc) is 3.00. The number of esters is 1. The van der Waals surface area contributed by atoms with Gasteiger partial charge in [0, 0.05) is 12.3 Å². The molecule has 9 atom stereocenters. The van der Waals surface area contributed by atoms with E-state index in [1.54, 1.807) is 0 Å². The summed E-state index contributed by atoms with van der Waals surface area (Å²) in [6, 6.07) is 0. The molecule has 0 amide bonds. The van der Waals surface area contributed by atoms with Gasteiger partial charge in [-0.15, -0.1) is 0 Å². The zero-order chi connectivity index (χ0) is 17.8. The first kappa shape index (κ1) is 16.6. The largest absolute Gasteiger partial charge is 0.462 e. The van der Waals surface area contributed by atoms with E-state index in [1.807, 2.05) is 0 Å². The number of aliphatic hydroxyl groups is 1. The van der Waals surface area contributed by atoms with Gasteiger partial charge in [-0.1, -0.05) is 20.8 Å². The first-order valence-electron chi connectivity index (χ1n) is 10.5. The number of rotatable bonds is 2. The van der Waals surface area contributed by atoms with Crippen molar-refractivity contribution < 1.29 is 14.6 Å². The van der Waals surface area contributed by atoms with Crippen molar-refractivity contribution in [1.29, 1.82) is 0 Å². The van der Waals surface area contributed by atoms with Crippen molar-refractivity contribution in [3.05, 3.63) is 0 Å². The Kier molecular flexibility index (Phi) is 3.08. The van der Waals surface area contributed by atoms with Crippen molar-refractivity contribution >= 4 is 5.97 Å². The molecule has 6 aliphatic rings. The first-order valence-corrected chi connectivity index (χ1v) is 10.5. The fourth-order valence-corrected chi connectivity index (χ4v) is 9.24. The summed E-state index contributed by atoms with van der Waals surface area (Å²) in [4.78, 5) is 11.6. The summed E-state index contributed by atoms with van der Waals surface area (Å²) in [6.45, 7) is 8.91. The maximum absolute atomic E-state index is 11.6. The van der Waals surface area contributed by atoms with Gasteiger partial charge >= 0.3 is 5.97 Å². The molecule has 6 fully saturated rings. The molecule has 1 spiro atoms. The molecule has 3 nitrogen and oxygen atoms in total. The summed E-state index contributed by atoms with van der Waals surface area (Å²) in [6.07, 6.45) is 8.86. The number of aliphatic hydroxyl groups excluding tert-OH is 1. The van der Waals surface area contributed by atoms with Gasteiger partial charge in [-0.3, -0.25) is 4.79 Å². The number of ether oxygens (including phenoxy) is 1. The van der Waals surface area contributed by atoms with Crippen molar-refractivity contribution in [2.75, 3.05) is 6.61 Å². The Hall–Kier alpha value is -0.570. The van der Waals surface area contributed by atoms with Crippen LogP contribution in [-0.4, -0.2) is 23.8 Å². The van der Waals surface area contributed by atoms with E-state index >= 15 is 0 Å². The van der Waals surface area contributed by atoms with Gasteiger partial charge in [-0.2, -0.15) is 0 Å². The molecule has 0 heterocycles. The molecule has 1 N–H and O–H groups in total. The monoisotopic (exact) mass is 346 g/mol. The van der Waals surface area contributed by atoms with Crippen LogP contribution in [-0.2, 0) is 9.53 Å². The zero-order valence-electron chi connectivity index (χ0n) is 16.3. The Bertz CT molecular complexity index is 631. The minimum absolute atomic E-state index is 0.119. The Morgan fingerprint density at radius 3 is 2.44 bits per heavy atom. The summed E-state index contributed by atoms with van der Waals surface area (Å²) >= 11 is 0. The lowest BCUT2D eigenvalue weighted by Gasteiger charge is -2.66. The van der Waals surface area contributed by atoms with E-state index in [2.05, 4.69) is 20.8 Å². The van der Waals surface area contributed by atoms with E-state index in [0.29, 0.717) is 22.2 Å². The molecule has 0 unspecified atom stereocenters. The van der Waals surface area contributed by atoms with Crippen LogP contribution in [0, 0.1) is 45.3 Å². The van der Waals surface area contributed by atoms with Gasteiger partial charge in [0.25, 0.3) is 0 Å². The second kappa shape index (κ2) is 4.64. The fraction of sp³-hybridized carbons (Fsp3) is 0.955. The van der Waals surface area contributed by atoms with E-state index in [4.69, 9.17) is 4.74 Å². The van der Waals surface area contributed by atoms with Gasteiger partial charge in [0.1, 0.15) is 6.10 Å². The highest BCUT2D eigenvalue weighted by Gasteiger charge is 2.78. The van der Waals surface area contributed by atoms with Gasteiger partial charge in [0.15, 0.2) is 0 Å². The van der Waals surface area contributed by atoms with Crippen molar-refractivity contribution in [3.63, 3.8) is 0 Å². The van der Waals surface area contributed by atoms with E-state index in [9.17, 15) is 9.90 Å². The third-order valence-electron chi connectivity index (χ3n) is 10.3. The minimum atomic E-state index is -0.284. The van der Waals surface area contributed by atoms with Gasteiger partial charge in [0.05, 0.1) is 6.61 Å². The molecule has 4 bridgehead atoms. The Morgan fingerprint density at radius 1 is 1.08 bits per heavy atom. The summed E-state index contributed by atoms with van der Waals surface area (Å²) in [5, 5.41) is 10.4. The molecule has 0 aliphatic heterocycles. The standard InChI is InChI=1S/C22H34O3/c1-13(24)25-18-6-7-19(2)16(21(18,4)12-23)5-8-22-10-15-14(9-17(19)22)20(15,3)11-22/h14-18,23H,5-12H2,1-4H3/t14-,15+,16-,17-,18+,19+,20-,21-,22+/m0/s1. The SMILES string of the molecule is CC(=O)O[C@@H]1CC[C@]2(C)[C@H](CC[C@]34C[C@@H]5[C@H](C[C@H]32)[C@]5(C)C4)[C@]1(C)CO. The molecule has 0 saturated heterocycles. The maximum Gasteiger partial charge on any atom is 0.302 e. The Morgan fingerprint density at radius 2 is 1.84 bits per heavy atom. The summed E-state index contributed by atoms with van der Waals surface area (Å²) in [5.74, 6) is 3.08. The number of carbonyl (C=O) groups excluding carboxylic acids is 1. The number of hydrogen-bond acceptors (Lipinski definition) is 3. The van der Waals surface area contributed by atoms with E-state index in [0.717, 1.165) is 30.6 Å². The Balaban J connectivity index is 1.50. The molecule has 6 rings (SSSR count). The van der Waals surface area contributed by atoms with Gasteiger partial charge in [-0.05, 0) is 84.9 Å². The molecular formula is C22H34O3. The lowest BCUT2D eigenvalue weighted by Crippen LogP contribution is -2.62. The van der Waals surface area contributed by atoms with Gasteiger partial charge in [-0.25, -0.2) is 0 Å². The third-order valence-corrected chi connectivity index (χ3v) is 10.3. The molecule has 140 valence electrons. The van der Waals surface area contributed by atoms with Crippen LogP contribution in [0.5, 0.6) is 0 Å². The summed E-state index contributed by atoms with van der Waals surface area (Å²) in [5.41, 5.74) is 1.29. The third kappa shape index (κ3) is 1.79. The summed E-state index contributed by atoms with van der Waals surface area (Å²) in [7, 11) is 0. The smallest absolute Gasteiger partial charge is 0.302 e. The van der Waals surface area contributed by atoms with Crippen LogP contribution in [0.15, 0.2) is 0 Å². The molecule has 3 heteroatoms. The molecule has 0 radical (unpaired) electrons. The van der Waals surface area contributed by atoms with Crippen LogP contribution in [0.25, 0.3) is 0 Å². The topological polar surface area (TPSA) is 46.5 Å². The van der Waals surface area contributed by atoms with Crippen molar-refractivity contribution in [1.82, 2.24) is 0 Å². The molecular weight excluding hydrogens is 312 g/mol. The highest BCUT2D eigenvalue weighted by atomic mass is 16.5. The van der Waals surface area contributed by atoms with Gasteiger partial charge < -0.3 is 9.84 Å². The lowest BCUT2D eigenvalue weighted by atomic mass is 9.39. The van der Waals surface area contributed by atoms with Crippen LogP contribution in [0.2, 0.25) is 0 Å².